The molecule has 1 aromatic heterocycles. The van der Waals surface area contributed by atoms with Gasteiger partial charge in [0.05, 0.1) is 21.8 Å². The van der Waals surface area contributed by atoms with E-state index >= 15 is 0 Å². The number of nitrogens with zero attached hydrogens (tertiary/aromatic N) is 2. The van der Waals surface area contributed by atoms with Crippen LogP contribution < -0.4 is 4.31 Å². The molecule has 0 unspecified atom stereocenters. The zero-order valence-electron chi connectivity index (χ0n) is 15.3. The van der Waals surface area contributed by atoms with Gasteiger partial charge in [0.15, 0.2) is 0 Å². The van der Waals surface area contributed by atoms with Crippen molar-refractivity contribution in [1.82, 2.24) is 4.57 Å². The molecule has 0 amide bonds. The molecule has 0 aliphatic rings. The second-order valence-electron chi connectivity index (χ2n) is 6.44. The summed E-state index contributed by atoms with van der Waals surface area (Å²) in [6.07, 6.45) is 7.59. The number of anilines is 1. The molecule has 0 aliphatic heterocycles. The van der Waals surface area contributed by atoms with Gasteiger partial charge in [-0.25, -0.2) is 8.42 Å². The minimum atomic E-state index is -3.90. The summed E-state index contributed by atoms with van der Waals surface area (Å²) in [5, 5.41) is 1.06. The minimum absolute atomic E-state index is 0.156. The van der Waals surface area contributed by atoms with Gasteiger partial charge in [0.2, 0.25) is 0 Å². The molecular weight excluding hydrogens is 368 g/mol. The van der Waals surface area contributed by atoms with E-state index in [9.17, 15) is 8.42 Å². The number of sulfonamides is 1. The van der Waals surface area contributed by atoms with Crippen molar-refractivity contribution in [3.05, 3.63) is 90.6 Å². The largest absolute Gasteiger partial charge is 0.314 e. The number of fused-ring (bicyclic) bond motifs is 1. The zero-order valence-corrected chi connectivity index (χ0v) is 16.1. The molecule has 0 atom stereocenters. The highest BCUT2D eigenvalue weighted by atomic mass is 32.2. The number of benzene rings is 3. The average molecular weight is 386 g/mol. The summed E-state index contributed by atoms with van der Waals surface area (Å²) in [5.74, 6) is 0. The van der Waals surface area contributed by atoms with E-state index in [2.05, 4.69) is 6.04 Å². The van der Waals surface area contributed by atoms with Crippen LogP contribution in [0.5, 0.6) is 0 Å². The number of terminal acetylenes is 1. The maximum absolute atomic E-state index is 13.2. The lowest BCUT2D eigenvalue weighted by Crippen LogP contribution is -2.27. The fourth-order valence-electron chi connectivity index (χ4n) is 3.22. The monoisotopic (exact) mass is 386 g/mol. The Balaban J connectivity index is 1.89. The van der Waals surface area contributed by atoms with Gasteiger partial charge in [-0.15, -0.1) is 0 Å². The summed E-state index contributed by atoms with van der Waals surface area (Å²) in [5.41, 5.74) is 3.06. The van der Waals surface area contributed by atoms with Crippen LogP contribution in [-0.4, -0.2) is 13.0 Å². The molecule has 1 heterocycles. The molecule has 0 N–H and O–H groups in total. The quantitative estimate of drug-likeness (QED) is 0.376. The predicted octanol–water partition coefficient (Wildman–Crippen LogP) is 4.72. The first-order chi connectivity index (χ1) is 13.5. The molecule has 0 radical (unpaired) electrons. The summed E-state index contributed by atoms with van der Waals surface area (Å²) in [7, 11) is -3.90. The Kier molecular flexibility index (Phi) is 4.42. The number of rotatable bonds is 4. The normalized spacial score (nSPS) is 11.3. The van der Waals surface area contributed by atoms with E-state index in [-0.39, 0.29) is 4.90 Å². The van der Waals surface area contributed by atoms with E-state index in [4.69, 9.17) is 6.42 Å². The van der Waals surface area contributed by atoms with E-state index in [0.29, 0.717) is 11.4 Å². The summed E-state index contributed by atoms with van der Waals surface area (Å²) in [6, 6.07) is 26.1. The third-order valence-corrected chi connectivity index (χ3v) is 6.29. The lowest BCUT2D eigenvalue weighted by atomic mass is 10.2. The van der Waals surface area contributed by atoms with Crippen LogP contribution >= 0.6 is 0 Å². The Bertz CT molecular complexity index is 1300. The van der Waals surface area contributed by atoms with Crippen LogP contribution in [0.4, 0.5) is 5.69 Å². The summed E-state index contributed by atoms with van der Waals surface area (Å²) >= 11 is 0. The highest BCUT2D eigenvalue weighted by Crippen LogP contribution is 2.31. The fourth-order valence-corrected chi connectivity index (χ4v) is 4.46. The predicted molar refractivity (Wildman–Crippen MR) is 113 cm³/mol. The smallest absolute Gasteiger partial charge is 0.275 e. The molecule has 0 spiro atoms. The van der Waals surface area contributed by atoms with Crippen LogP contribution in [0.15, 0.2) is 90.0 Å². The molecule has 3 aromatic carbocycles. The highest BCUT2D eigenvalue weighted by molar-refractivity contribution is 7.93. The van der Waals surface area contributed by atoms with Crippen molar-refractivity contribution >= 4 is 26.6 Å². The summed E-state index contributed by atoms with van der Waals surface area (Å²) < 4.78 is 29.4. The van der Waals surface area contributed by atoms with Crippen LogP contribution in [0.1, 0.15) is 5.56 Å². The Hall–Kier alpha value is -3.49. The molecule has 0 saturated heterocycles. The molecule has 4 nitrogen and oxygen atoms in total. The van der Waals surface area contributed by atoms with Crippen molar-refractivity contribution in [2.24, 2.45) is 0 Å². The van der Waals surface area contributed by atoms with Crippen molar-refractivity contribution in [1.29, 1.82) is 0 Å². The second-order valence-corrected chi connectivity index (χ2v) is 8.23. The molecule has 4 rings (SSSR count). The lowest BCUT2D eigenvalue weighted by molar-refractivity contribution is 0.596. The lowest BCUT2D eigenvalue weighted by Gasteiger charge is -2.21. The molecule has 0 saturated carbocycles. The van der Waals surface area contributed by atoms with Gasteiger partial charge in [0.1, 0.15) is 0 Å². The Morgan fingerprint density at radius 3 is 2.32 bits per heavy atom. The van der Waals surface area contributed by atoms with E-state index in [1.807, 2.05) is 60.2 Å². The average Bonchev–Trinajstić information content (AvgIpc) is 3.13. The van der Waals surface area contributed by atoms with E-state index in [0.717, 1.165) is 20.8 Å². The molecule has 5 heteroatoms. The third-order valence-electron chi connectivity index (χ3n) is 4.64. The maximum atomic E-state index is 13.2. The SMILES string of the molecule is C#CN(c1ccccc1-n1ccc2ccccc21)S(=O)(=O)c1ccc(C)cc1. The van der Waals surface area contributed by atoms with Crippen molar-refractivity contribution in [2.45, 2.75) is 11.8 Å². The summed E-state index contributed by atoms with van der Waals surface area (Å²) in [6.45, 7) is 1.90. The minimum Gasteiger partial charge on any atom is -0.314 e. The maximum Gasteiger partial charge on any atom is 0.275 e. The van der Waals surface area contributed by atoms with Crippen molar-refractivity contribution < 1.29 is 8.42 Å². The van der Waals surface area contributed by atoms with Crippen LogP contribution in [-0.2, 0) is 10.0 Å². The van der Waals surface area contributed by atoms with E-state index in [1.165, 1.54) is 0 Å². The van der Waals surface area contributed by atoms with Crippen LogP contribution in [0.25, 0.3) is 16.6 Å². The molecular formula is C23H18N2O2S. The zero-order chi connectivity index (χ0) is 19.7. The topological polar surface area (TPSA) is 42.3 Å². The molecule has 4 aromatic rings. The number of aryl methyl sites for hydroxylation is 1. The first kappa shape index (κ1) is 17.9. The van der Waals surface area contributed by atoms with Gasteiger partial charge >= 0.3 is 0 Å². The Morgan fingerprint density at radius 2 is 1.57 bits per heavy atom. The second kappa shape index (κ2) is 6.91. The van der Waals surface area contributed by atoms with Gasteiger partial charge in [-0.05, 0) is 48.7 Å². The molecule has 0 fully saturated rings. The number of hydrogen-bond acceptors (Lipinski definition) is 2. The van der Waals surface area contributed by atoms with Gasteiger partial charge in [0, 0.05) is 12.2 Å². The fraction of sp³-hybridized carbons (Fsp3) is 0.0435. The van der Waals surface area contributed by atoms with Gasteiger partial charge in [0.25, 0.3) is 10.0 Å². The van der Waals surface area contributed by atoms with Gasteiger partial charge in [-0.2, -0.15) is 4.31 Å². The van der Waals surface area contributed by atoms with Crippen LogP contribution in [0.2, 0.25) is 0 Å². The summed E-state index contributed by atoms with van der Waals surface area (Å²) in [4.78, 5) is 0.156. The van der Waals surface area contributed by atoms with Gasteiger partial charge in [-0.3, -0.25) is 0 Å². The third kappa shape index (κ3) is 2.94. The number of para-hydroxylation sites is 3. The first-order valence-electron chi connectivity index (χ1n) is 8.76. The van der Waals surface area contributed by atoms with E-state index < -0.39 is 10.0 Å². The van der Waals surface area contributed by atoms with Crippen molar-refractivity contribution in [3.8, 4) is 18.2 Å². The highest BCUT2D eigenvalue weighted by Gasteiger charge is 2.26. The standard InChI is InChI=1S/C23H18N2O2S/c1-3-25(28(26,27)20-14-12-18(2)13-15-20)23-11-7-6-10-22(23)24-17-16-19-8-4-5-9-21(19)24/h1,4-17H,2H3. The van der Waals surface area contributed by atoms with Crippen LogP contribution in [0.3, 0.4) is 0 Å². The van der Waals surface area contributed by atoms with Crippen molar-refractivity contribution in [2.75, 3.05) is 4.31 Å². The number of aromatic nitrogens is 1. The van der Waals surface area contributed by atoms with Gasteiger partial charge < -0.3 is 4.57 Å². The molecule has 0 bridgehead atoms. The Morgan fingerprint density at radius 1 is 0.893 bits per heavy atom. The van der Waals surface area contributed by atoms with Crippen LogP contribution in [0, 0.1) is 19.4 Å². The molecule has 138 valence electrons. The van der Waals surface area contributed by atoms with Gasteiger partial charge in [-0.1, -0.05) is 54.5 Å². The molecule has 28 heavy (non-hydrogen) atoms. The first-order valence-corrected chi connectivity index (χ1v) is 10.2. The van der Waals surface area contributed by atoms with E-state index in [1.54, 1.807) is 36.4 Å². The number of hydrogen-bond donors (Lipinski definition) is 0. The van der Waals surface area contributed by atoms with Crippen molar-refractivity contribution in [3.63, 3.8) is 0 Å². The Labute approximate surface area is 164 Å². The molecule has 0 aliphatic carbocycles.